The van der Waals surface area contributed by atoms with Crippen molar-refractivity contribution in [2.45, 2.75) is 32.9 Å². The van der Waals surface area contributed by atoms with Gasteiger partial charge in [-0.15, -0.1) is 12.4 Å². The summed E-state index contributed by atoms with van der Waals surface area (Å²) in [5.74, 6) is 0.692. The topological polar surface area (TPSA) is 135 Å². The fourth-order valence-electron chi connectivity index (χ4n) is 4.73. The van der Waals surface area contributed by atoms with E-state index in [-0.39, 0.29) is 37.2 Å². The van der Waals surface area contributed by atoms with E-state index in [0.717, 1.165) is 16.6 Å². The van der Waals surface area contributed by atoms with Crippen LogP contribution >= 0.6 is 12.4 Å². The number of aryl methyl sites for hydroxylation is 1. The quantitative estimate of drug-likeness (QED) is 0.359. The molecule has 1 saturated heterocycles. The Morgan fingerprint density at radius 1 is 1.12 bits per heavy atom. The highest BCUT2D eigenvalue weighted by Crippen LogP contribution is 2.29. The zero-order valence-electron chi connectivity index (χ0n) is 22.2. The summed E-state index contributed by atoms with van der Waals surface area (Å²) >= 11 is 0. The number of anilines is 2. The zero-order chi connectivity index (χ0) is 27.5. The number of benzene rings is 1. The summed E-state index contributed by atoms with van der Waals surface area (Å²) in [6.45, 7) is 6.67. The van der Waals surface area contributed by atoms with Crippen LogP contribution in [0.5, 0.6) is 0 Å². The molecule has 5 rings (SSSR count). The van der Waals surface area contributed by atoms with E-state index in [1.807, 2.05) is 12.4 Å². The van der Waals surface area contributed by atoms with E-state index in [2.05, 4.69) is 49.8 Å². The Balaban J connectivity index is 0.00000370. The van der Waals surface area contributed by atoms with E-state index in [9.17, 15) is 10.1 Å². The average molecular weight is 565 g/mol. The molecule has 1 aromatic carbocycles. The van der Waals surface area contributed by atoms with Gasteiger partial charge in [0.25, 0.3) is 0 Å². The summed E-state index contributed by atoms with van der Waals surface area (Å²) in [4.78, 5) is 30.3. The average Bonchev–Trinajstić information content (AvgIpc) is 3.32. The van der Waals surface area contributed by atoms with E-state index in [4.69, 9.17) is 5.73 Å². The molecule has 0 spiro atoms. The third kappa shape index (κ3) is 5.52. The summed E-state index contributed by atoms with van der Waals surface area (Å²) in [6.07, 6.45) is 7.52. The van der Waals surface area contributed by atoms with Gasteiger partial charge in [-0.2, -0.15) is 10.4 Å². The van der Waals surface area contributed by atoms with Crippen molar-refractivity contribution < 1.29 is 4.39 Å². The lowest BCUT2D eigenvalue weighted by molar-refractivity contribution is 0.538. The minimum atomic E-state index is -0.594. The van der Waals surface area contributed by atoms with Crippen molar-refractivity contribution >= 4 is 24.2 Å². The molecule has 0 aliphatic carbocycles. The number of hydrogen-bond acceptors (Lipinski definition) is 9. The van der Waals surface area contributed by atoms with Gasteiger partial charge in [0.05, 0.1) is 17.8 Å². The number of aromatic nitrogens is 6. The van der Waals surface area contributed by atoms with Crippen LogP contribution in [0.2, 0.25) is 0 Å². The second-order valence-corrected chi connectivity index (χ2v) is 9.40. The van der Waals surface area contributed by atoms with Gasteiger partial charge in [0.15, 0.2) is 0 Å². The lowest BCUT2D eigenvalue weighted by Crippen LogP contribution is -2.53. The Kier molecular flexibility index (Phi) is 8.77. The van der Waals surface area contributed by atoms with Crippen molar-refractivity contribution in [3.05, 3.63) is 76.6 Å². The first-order valence-electron chi connectivity index (χ1n) is 12.8. The molecule has 0 radical (unpaired) electrons. The first-order chi connectivity index (χ1) is 18.9. The van der Waals surface area contributed by atoms with Gasteiger partial charge < -0.3 is 15.5 Å². The lowest BCUT2D eigenvalue weighted by Gasteiger charge is -2.40. The van der Waals surface area contributed by atoms with Crippen molar-refractivity contribution in [3.63, 3.8) is 0 Å². The Hall–Kier alpha value is -4.34. The zero-order valence-corrected chi connectivity index (χ0v) is 23.1. The van der Waals surface area contributed by atoms with Crippen LogP contribution in [0.25, 0.3) is 16.8 Å². The van der Waals surface area contributed by atoms with Crippen LogP contribution in [0, 0.1) is 17.1 Å². The van der Waals surface area contributed by atoms with Gasteiger partial charge >= 0.3 is 5.69 Å². The number of hydrogen-bond donors (Lipinski definition) is 1. The Labute approximate surface area is 237 Å². The molecule has 13 heteroatoms. The van der Waals surface area contributed by atoms with Gasteiger partial charge in [0.2, 0.25) is 5.95 Å². The van der Waals surface area contributed by atoms with Gasteiger partial charge in [0.1, 0.15) is 24.0 Å². The highest BCUT2D eigenvalue weighted by atomic mass is 35.5. The van der Waals surface area contributed by atoms with Crippen LogP contribution < -0.4 is 21.2 Å². The highest BCUT2D eigenvalue weighted by molar-refractivity contribution is 5.85. The number of piperazine rings is 1. The molecule has 40 heavy (non-hydrogen) atoms. The molecule has 1 aliphatic rings. The summed E-state index contributed by atoms with van der Waals surface area (Å²) < 4.78 is 17.4. The fraction of sp³-hybridized carbons (Fsp3) is 0.333. The third-order valence-electron chi connectivity index (χ3n) is 6.88. The van der Waals surface area contributed by atoms with Crippen LogP contribution in [0.3, 0.4) is 0 Å². The minimum absolute atomic E-state index is 0. The highest BCUT2D eigenvalue weighted by Gasteiger charge is 2.28. The number of nitrogens with two attached hydrogens (primary N) is 1. The molecule has 1 fully saturated rings. The van der Waals surface area contributed by atoms with Crippen LogP contribution in [0.4, 0.5) is 16.2 Å². The standard InChI is InChI=1S/C27H29FN10O.ClH/c1-3-19-13-32-26(33-14-19)35-8-9-36(18(2)16-35)25-21(12-30)10-22(15-31-25)20-4-5-24(23(28)11-20)37-17-34-38(7-6-29)27(37)39;/h4-5,10-11,13-15,17-18H,3,6-9,16,29H2,1-2H3;1H/t18-;/m0./s1. The molecule has 208 valence electrons. The van der Waals surface area contributed by atoms with Crippen molar-refractivity contribution in [3.8, 4) is 22.9 Å². The van der Waals surface area contributed by atoms with Crippen LogP contribution in [-0.4, -0.2) is 61.5 Å². The number of rotatable bonds is 7. The maximum absolute atomic E-state index is 15.1. The van der Waals surface area contributed by atoms with Crippen LogP contribution in [-0.2, 0) is 13.0 Å². The van der Waals surface area contributed by atoms with Gasteiger partial charge in [-0.1, -0.05) is 13.0 Å². The summed E-state index contributed by atoms with van der Waals surface area (Å²) in [6, 6.07) is 8.55. The van der Waals surface area contributed by atoms with E-state index in [0.29, 0.717) is 48.1 Å². The Morgan fingerprint density at radius 2 is 1.90 bits per heavy atom. The molecule has 11 nitrogen and oxygen atoms in total. The molecular weight excluding hydrogens is 535 g/mol. The predicted octanol–water partition coefficient (Wildman–Crippen LogP) is 2.55. The van der Waals surface area contributed by atoms with Crippen LogP contribution in [0.15, 0.2) is 54.0 Å². The normalized spacial score (nSPS) is 15.0. The maximum atomic E-state index is 15.1. The van der Waals surface area contributed by atoms with E-state index >= 15 is 4.39 Å². The minimum Gasteiger partial charge on any atom is -0.349 e. The van der Waals surface area contributed by atoms with Crippen molar-refractivity contribution in [1.82, 2.24) is 29.3 Å². The molecular formula is C27H30ClFN10O. The number of nitriles is 1. The smallest absolute Gasteiger partial charge is 0.349 e. The molecule has 0 saturated carbocycles. The SMILES string of the molecule is CCc1cnc(N2CCN(c3ncc(-c4ccc(-n5cnn(CCN)c5=O)c(F)c4)cc3C#N)[C@@H](C)C2)nc1.Cl. The first-order valence-corrected chi connectivity index (χ1v) is 12.8. The van der Waals surface area contributed by atoms with Crippen LogP contribution in [0.1, 0.15) is 25.0 Å². The lowest BCUT2D eigenvalue weighted by atomic mass is 10.0. The summed E-state index contributed by atoms with van der Waals surface area (Å²) in [5.41, 5.74) is 7.75. The molecule has 1 aliphatic heterocycles. The van der Waals surface area contributed by atoms with Crippen molar-refractivity contribution in [2.24, 2.45) is 5.73 Å². The third-order valence-corrected chi connectivity index (χ3v) is 6.88. The molecule has 1 atom stereocenters. The number of pyridine rings is 1. The fourth-order valence-corrected chi connectivity index (χ4v) is 4.73. The molecule has 4 heterocycles. The van der Waals surface area contributed by atoms with E-state index in [1.54, 1.807) is 18.3 Å². The predicted molar refractivity (Wildman–Crippen MR) is 152 cm³/mol. The molecule has 3 aromatic heterocycles. The van der Waals surface area contributed by atoms with Gasteiger partial charge in [-0.3, -0.25) is 0 Å². The molecule has 0 bridgehead atoms. The number of nitrogens with zero attached hydrogens (tertiary/aromatic N) is 9. The van der Waals surface area contributed by atoms with E-state index < -0.39 is 11.5 Å². The van der Waals surface area contributed by atoms with Crippen molar-refractivity contribution in [2.75, 3.05) is 36.0 Å². The molecule has 0 amide bonds. The second-order valence-electron chi connectivity index (χ2n) is 9.40. The Morgan fingerprint density at radius 3 is 2.55 bits per heavy atom. The Bertz CT molecular complexity index is 1580. The van der Waals surface area contributed by atoms with Gasteiger partial charge in [-0.05, 0) is 42.7 Å². The maximum Gasteiger partial charge on any atom is 0.350 e. The monoisotopic (exact) mass is 564 g/mol. The van der Waals surface area contributed by atoms with Gasteiger partial charge in [0, 0.05) is 56.4 Å². The first kappa shape index (κ1) is 28.7. The second kappa shape index (κ2) is 12.2. The molecule has 4 aromatic rings. The summed E-state index contributed by atoms with van der Waals surface area (Å²) in [5, 5.41) is 13.9. The van der Waals surface area contributed by atoms with E-state index in [1.165, 1.54) is 23.1 Å². The van der Waals surface area contributed by atoms with Gasteiger partial charge in [-0.25, -0.2) is 33.4 Å². The number of halogens is 2. The molecule has 2 N–H and O–H groups in total. The van der Waals surface area contributed by atoms with Crippen molar-refractivity contribution in [1.29, 1.82) is 5.26 Å². The largest absolute Gasteiger partial charge is 0.350 e. The molecule has 0 unspecified atom stereocenters. The summed E-state index contributed by atoms with van der Waals surface area (Å²) in [7, 11) is 0.